The molecule has 0 N–H and O–H groups in total. The highest BCUT2D eigenvalue weighted by atomic mass is 16.5. The molecule has 0 amide bonds. The third-order valence-corrected chi connectivity index (χ3v) is 7.03. The van der Waals surface area contributed by atoms with E-state index in [1.54, 1.807) is 4.68 Å². The number of esters is 1. The van der Waals surface area contributed by atoms with Gasteiger partial charge < -0.3 is 19.4 Å². The summed E-state index contributed by atoms with van der Waals surface area (Å²) in [5.41, 5.74) is 3.70. The Morgan fingerprint density at radius 2 is 1.72 bits per heavy atom. The number of ether oxygens (including phenoxy) is 1. The molecule has 0 spiro atoms. The standard InChI is InChI=1S/C35H48N6O2/c1-11-19-40(20-12-2)33-24-31(38(9)21-18-26(3)29-16-14-13-15-17-29)36-32(39(33)10)22-27(4)30-23-28(5)41(37-30)25-43-34(42)35(6,7)8/h13-18,21-24H,3-4,11-12,19-20,25H2,1-2,5-10H3/b21-18-,32-22-. The Labute approximate surface area is 258 Å². The predicted octanol–water partition coefficient (Wildman–Crippen LogP) is 7.06. The van der Waals surface area contributed by atoms with Crippen molar-refractivity contribution in [3.63, 3.8) is 0 Å². The molecule has 0 atom stereocenters. The highest BCUT2D eigenvalue weighted by Crippen LogP contribution is 2.26. The SMILES string of the molecule is C=C(/C=C\N(C)C1=N/C(=C/C(=C)c2cc(C)n(COC(=O)C(C)(C)C)n2)N(C)C(N(CCC)CCC)=C1)c1ccccc1. The summed E-state index contributed by atoms with van der Waals surface area (Å²) in [5.74, 6) is 2.36. The van der Waals surface area contributed by atoms with Gasteiger partial charge in [0.1, 0.15) is 17.5 Å². The molecule has 0 bridgehead atoms. The zero-order valence-corrected chi connectivity index (χ0v) is 27.2. The molecule has 0 unspecified atom stereocenters. The number of aryl methyl sites for hydroxylation is 1. The molecule has 1 aliphatic rings. The summed E-state index contributed by atoms with van der Waals surface area (Å²) < 4.78 is 7.16. The van der Waals surface area contributed by atoms with Gasteiger partial charge in [0.15, 0.2) is 6.73 Å². The van der Waals surface area contributed by atoms with E-state index in [-0.39, 0.29) is 12.7 Å². The van der Waals surface area contributed by atoms with Crippen molar-refractivity contribution in [1.29, 1.82) is 0 Å². The van der Waals surface area contributed by atoms with Crippen molar-refractivity contribution in [2.75, 3.05) is 27.2 Å². The van der Waals surface area contributed by atoms with Gasteiger partial charge in [-0.2, -0.15) is 5.10 Å². The summed E-state index contributed by atoms with van der Waals surface area (Å²) >= 11 is 0. The van der Waals surface area contributed by atoms with E-state index >= 15 is 0 Å². The molecule has 1 aromatic heterocycles. The van der Waals surface area contributed by atoms with Crippen LogP contribution in [-0.2, 0) is 16.3 Å². The van der Waals surface area contributed by atoms with Crippen LogP contribution in [0.5, 0.6) is 0 Å². The number of benzene rings is 1. The van der Waals surface area contributed by atoms with Crippen molar-refractivity contribution in [3.05, 3.63) is 103 Å². The second-order valence-electron chi connectivity index (χ2n) is 11.8. The van der Waals surface area contributed by atoms with Crippen molar-refractivity contribution in [2.24, 2.45) is 10.4 Å². The molecule has 8 heteroatoms. The van der Waals surface area contributed by atoms with Crippen LogP contribution in [0.15, 0.2) is 90.6 Å². The number of aliphatic imine (C=N–C) groups is 1. The van der Waals surface area contributed by atoms with Crippen molar-refractivity contribution in [3.8, 4) is 0 Å². The largest absolute Gasteiger partial charge is 0.442 e. The third-order valence-electron chi connectivity index (χ3n) is 7.03. The van der Waals surface area contributed by atoms with Gasteiger partial charge >= 0.3 is 5.97 Å². The van der Waals surface area contributed by atoms with Gasteiger partial charge in [-0.05, 0) is 75.5 Å². The van der Waals surface area contributed by atoms with Crippen molar-refractivity contribution < 1.29 is 9.53 Å². The molecule has 0 saturated carbocycles. The lowest BCUT2D eigenvalue weighted by Crippen LogP contribution is -2.38. The number of likely N-dealkylation sites (N-methyl/N-ethyl adjacent to an activating group) is 1. The Morgan fingerprint density at radius 1 is 1.07 bits per heavy atom. The van der Waals surface area contributed by atoms with E-state index in [9.17, 15) is 4.79 Å². The molecule has 1 aromatic carbocycles. The maximum Gasteiger partial charge on any atom is 0.313 e. The summed E-state index contributed by atoms with van der Waals surface area (Å²) in [7, 11) is 4.03. The maximum atomic E-state index is 12.3. The van der Waals surface area contributed by atoms with Gasteiger partial charge in [-0.25, -0.2) is 9.67 Å². The topological polar surface area (TPSA) is 66.2 Å². The van der Waals surface area contributed by atoms with Gasteiger partial charge in [-0.1, -0.05) is 57.3 Å². The van der Waals surface area contributed by atoms with E-state index in [0.717, 1.165) is 60.2 Å². The van der Waals surface area contributed by atoms with Crippen LogP contribution in [0.4, 0.5) is 0 Å². The summed E-state index contributed by atoms with van der Waals surface area (Å²) in [6, 6.07) is 12.1. The molecule has 2 heterocycles. The molecule has 1 aliphatic heterocycles. The van der Waals surface area contributed by atoms with E-state index in [1.165, 1.54) is 0 Å². The number of nitrogens with zero attached hydrogens (tertiary/aromatic N) is 6. The molecule has 2 aromatic rings. The minimum atomic E-state index is -0.578. The number of amidine groups is 1. The first-order chi connectivity index (χ1) is 20.3. The number of hydrogen-bond acceptors (Lipinski definition) is 7. The van der Waals surface area contributed by atoms with Crippen LogP contribution < -0.4 is 0 Å². The molecular weight excluding hydrogens is 536 g/mol. The Bertz CT molecular complexity index is 1420. The van der Waals surface area contributed by atoms with E-state index in [1.807, 2.05) is 89.3 Å². The lowest BCUT2D eigenvalue weighted by atomic mass is 9.98. The van der Waals surface area contributed by atoms with Crippen molar-refractivity contribution >= 4 is 23.0 Å². The zero-order valence-electron chi connectivity index (χ0n) is 27.2. The summed E-state index contributed by atoms with van der Waals surface area (Å²) in [4.78, 5) is 23.8. The van der Waals surface area contributed by atoms with Crippen LogP contribution in [-0.4, -0.2) is 63.5 Å². The van der Waals surface area contributed by atoms with Gasteiger partial charge in [-0.3, -0.25) is 4.79 Å². The van der Waals surface area contributed by atoms with Crippen molar-refractivity contribution in [2.45, 2.75) is 61.1 Å². The predicted molar refractivity (Wildman–Crippen MR) is 177 cm³/mol. The Balaban J connectivity index is 1.92. The molecule has 3 rings (SSSR count). The fraction of sp³-hybridized carbons (Fsp3) is 0.400. The highest BCUT2D eigenvalue weighted by molar-refractivity contribution is 5.96. The van der Waals surface area contributed by atoms with E-state index < -0.39 is 5.41 Å². The van der Waals surface area contributed by atoms with Crippen LogP contribution in [0, 0.1) is 12.3 Å². The summed E-state index contributed by atoms with van der Waals surface area (Å²) in [5, 5.41) is 4.67. The molecule has 8 nitrogen and oxygen atoms in total. The number of aromatic nitrogens is 2. The van der Waals surface area contributed by atoms with Crippen LogP contribution in [0.3, 0.4) is 0 Å². The fourth-order valence-electron chi connectivity index (χ4n) is 4.44. The molecule has 0 saturated heterocycles. The first kappa shape index (κ1) is 33.2. The number of carbonyl (C=O) groups excluding carboxylic acids is 1. The number of hydrogen-bond donors (Lipinski definition) is 0. The average Bonchev–Trinajstić information content (AvgIpc) is 3.35. The molecule has 0 aliphatic carbocycles. The second-order valence-corrected chi connectivity index (χ2v) is 11.8. The Morgan fingerprint density at radius 3 is 2.33 bits per heavy atom. The van der Waals surface area contributed by atoms with Crippen molar-refractivity contribution in [1.82, 2.24) is 24.5 Å². The van der Waals surface area contributed by atoms with Gasteiger partial charge in [-0.15, -0.1) is 0 Å². The minimum absolute atomic E-state index is 0.0509. The lowest BCUT2D eigenvalue weighted by molar-refractivity contribution is -0.157. The minimum Gasteiger partial charge on any atom is -0.442 e. The molecular formula is C35H48N6O2. The van der Waals surface area contributed by atoms with Gasteiger partial charge in [0.25, 0.3) is 0 Å². The highest BCUT2D eigenvalue weighted by Gasteiger charge is 2.25. The van der Waals surface area contributed by atoms with Crippen LogP contribution >= 0.6 is 0 Å². The normalized spacial score (nSPS) is 14.5. The lowest BCUT2D eigenvalue weighted by Gasteiger charge is -2.37. The Hall–Kier alpha value is -4.33. The van der Waals surface area contributed by atoms with Crippen LogP contribution in [0.25, 0.3) is 11.1 Å². The maximum absolute atomic E-state index is 12.3. The van der Waals surface area contributed by atoms with Gasteiger partial charge in [0.05, 0.1) is 11.1 Å². The monoisotopic (exact) mass is 584 g/mol. The molecule has 0 fully saturated rings. The third kappa shape index (κ3) is 8.83. The number of carbonyl (C=O) groups is 1. The zero-order chi connectivity index (χ0) is 31.7. The van der Waals surface area contributed by atoms with Crippen LogP contribution in [0.1, 0.15) is 64.4 Å². The summed E-state index contributed by atoms with van der Waals surface area (Å²) in [6.45, 7) is 22.3. The summed E-state index contributed by atoms with van der Waals surface area (Å²) in [6.07, 6.45) is 10.1. The van der Waals surface area contributed by atoms with E-state index in [0.29, 0.717) is 11.3 Å². The van der Waals surface area contributed by atoms with Gasteiger partial charge in [0, 0.05) is 45.2 Å². The fourth-order valence-corrected chi connectivity index (χ4v) is 4.44. The smallest absolute Gasteiger partial charge is 0.313 e. The Kier molecular flexibility index (Phi) is 11.4. The first-order valence-electron chi connectivity index (χ1n) is 14.9. The van der Waals surface area contributed by atoms with E-state index in [2.05, 4.69) is 60.1 Å². The first-order valence-corrected chi connectivity index (χ1v) is 14.9. The van der Waals surface area contributed by atoms with E-state index in [4.69, 9.17) is 9.73 Å². The average molecular weight is 585 g/mol. The molecule has 43 heavy (non-hydrogen) atoms. The molecule has 230 valence electrons. The van der Waals surface area contributed by atoms with Crippen LogP contribution in [0.2, 0.25) is 0 Å². The van der Waals surface area contributed by atoms with Gasteiger partial charge in [0.2, 0.25) is 0 Å². The second kappa shape index (κ2) is 14.7. The molecule has 0 radical (unpaired) electrons. The quantitative estimate of drug-likeness (QED) is 0.197. The number of allylic oxidation sites excluding steroid dienone is 4. The number of rotatable bonds is 12.